The van der Waals surface area contributed by atoms with E-state index in [2.05, 4.69) is 41.2 Å². The molecule has 0 heterocycles. The normalized spacial score (nSPS) is 11.3. The van der Waals surface area contributed by atoms with Crippen molar-refractivity contribution in [3.8, 4) is 0 Å². The molecule has 0 radical (unpaired) electrons. The zero-order valence-electron chi connectivity index (χ0n) is 14.3. The SMILES string of the molecule is CCN(CC)CCNc1ccccc1N=Nc1ccc(C)cc1. The standard InChI is InChI=1S/C19H26N4/c1-4-23(5-2)15-14-20-18-8-6-7-9-19(18)22-21-17-12-10-16(3)11-13-17/h6-13,20H,4-5,14-15H2,1-3H3. The Bertz CT molecular complexity index is 616. The molecule has 0 aliphatic rings. The summed E-state index contributed by atoms with van der Waals surface area (Å²) in [5, 5.41) is 12.2. The van der Waals surface area contributed by atoms with Crippen LogP contribution < -0.4 is 5.32 Å². The highest BCUT2D eigenvalue weighted by Gasteiger charge is 2.02. The number of anilines is 1. The van der Waals surface area contributed by atoms with E-state index in [1.54, 1.807) is 0 Å². The number of nitrogens with one attached hydrogen (secondary N) is 1. The summed E-state index contributed by atoms with van der Waals surface area (Å²) >= 11 is 0. The maximum absolute atomic E-state index is 4.39. The van der Waals surface area contributed by atoms with E-state index in [-0.39, 0.29) is 0 Å². The fourth-order valence-electron chi connectivity index (χ4n) is 2.32. The van der Waals surface area contributed by atoms with Crippen LogP contribution in [0.5, 0.6) is 0 Å². The third kappa shape index (κ3) is 5.49. The average Bonchev–Trinajstić information content (AvgIpc) is 2.59. The second-order valence-corrected chi connectivity index (χ2v) is 5.51. The predicted octanol–water partition coefficient (Wildman–Crippen LogP) is 5.16. The molecule has 0 saturated heterocycles. The molecule has 0 amide bonds. The van der Waals surface area contributed by atoms with Gasteiger partial charge in [0.15, 0.2) is 0 Å². The molecule has 2 rings (SSSR count). The van der Waals surface area contributed by atoms with E-state index < -0.39 is 0 Å². The lowest BCUT2D eigenvalue weighted by Gasteiger charge is -2.18. The van der Waals surface area contributed by atoms with Gasteiger partial charge in [0, 0.05) is 13.1 Å². The van der Waals surface area contributed by atoms with E-state index in [1.807, 2.05) is 48.5 Å². The first-order chi connectivity index (χ1) is 11.2. The number of nitrogens with zero attached hydrogens (tertiary/aromatic N) is 3. The summed E-state index contributed by atoms with van der Waals surface area (Å²) in [6.45, 7) is 10.5. The molecular weight excluding hydrogens is 284 g/mol. The van der Waals surface area contributed by atoms with Crippen LogP contribution in [0, 0.1) is 6.92 Å². The van der Waals surface area contributed by atoms with Gasteiger partial charge in [0.2, 0.25) is 0 Å². The van der Waals surface area contributed by atoms with E-state index in [0.29, 0.717) is 0 Å². The highest BCUT2D eigenvalue weighted by atomic mass is 15.1. The van der Waals surface area contributed by atoms with Crippen molar-refractivity contribution in [3.63, 3.8) is 0 Å². The fourth-order valence-corrected chi connectivity index (χ4v) is 2.32. The van der Waals surface area contributed by atoms with Crippen molar-refractivity contribution < 1.29 is 0 Å². The molecule has 122 valence electrons. The molecule has 0 aliphatic heterocycles. The largest absolute Gasteiger partial charge is 0.382 e. The highest BCUT2D eigenvalue weighted by molar-refractivity contribution is 5.65. The summed E-state index contributed by atoms with van der Waals surface area (Å²) in [4.78, 5) is 2.39. The summed E-state index contributed by atoms with van der Waals surface area (Å²) < 4.78 is 0. The number of para-hydroxylation sites is 1. The molecule has 0 bridgehead atoms. The number of azo groups is 1. The zero-order chi connectivity index (χ0) is 16.5. The number of aryl methyl sites for hydroxylation is 1. The van der Waals surface area contributed by atoms with Gasteiger partial charge in [-0.1, -0.05) is 43.7 Å². The van der Waals surface area contributed by atoms with Crippen molar-refractivity contribution in [2.24, 2.45) is 10.2 Å². The molecule has 1 N–H and O–H groups in total. The Morgan fingerprint density at radius 3 is 2.30 bits per heavy atom. The van der Waals surface area contributed by atoms with Gasteiger partial charge < -0.3 is 10.2 Å². The van der Waals surface area contributed by atoms with Crippen molar-refractivity contribution in [3.05, 3.63) is 54.1 Å². The van der Waals surface area contributed by atoms with Crippen LogP contribution in [0.1, 0.15) is 19.4 Å². The van der Waals surface area contributed by atoms with Gasteiger partial charge in [-0.3, -0.25) is 0 Å². The summed E-state index contributed by atoms with van der Waals surface area (Å²) in [7, 11) is 0. The van der Waals surface area contributed by atoms with E-state index in [0.717, 1.165) is 43.2 Å². The number of benzene rings is 2. The molecular formula is C19H26N4. The van der Waals surface area contributed by atoms with Gasteiger partial charge in [0.25, 0.3) is 0 Å². The van der Waals surface area contributed by atoms with Gasteiger partial charge in [-0.05, 0) is 44.3 Å². The molecule has 0 unspecified atom stereocenters. The maximum Gasteiger partial charge on any atom is 0.109 e. The topological polar surface area (TPSA) is 40.0 Å². The third-order valence-corrected chi connectivity index (χ3v) is 3.85. The first kappa shape index (κ1) is 17.2. The second-order valence-electron chi connectivity index (χ2n) is 5.51. The molecule has 2 aromatic rings. The van der Waals surface area contributed by atoms with Gasteiger partial charge >= 0.3 is 0 Å². The van der Waals surface area contributed by atoms with Crippen molar-refractivity contribution in [1.29, 1.82) is 0 Å². The first-order valence-corrected chi connectivity index (χ1v) is 8.26. The Morgan fingerprint density at radius 2 is 1.61 bits per heavy atom. The molecule has 0 fully saturated rings. The van der Waals surface area contributed by atoms with Crippen LogP contribution in [0.2, 0.25) is 0 Å². The van der Waals surface area contributed by atoms with Crippen LogP contribution in [-0.4, -0.2) is 31.1 Å². The van der Waals surface area contributed by atoms with Crippen LogP contribution in [0.15, 0.2) is 58.8 Å². The minimum atomic E-state index is 0.868. The van der Waals surface area contributed by atoms with Crippen LogP contribution >= 0.6 is 0 Å². The van der Waals surface area contributed by atoms with Gasteiger partial charge in [-0.2, -0.15) is 5.11 Å². The van der Waals surface area contributed by atoms with Crippen LogP contribution in [0.4, 0.5) is 17.1 Å². The summed E-state index contributed by atoms with van der Waals surface area (Å²) in [5.41, 5.74) is 3.99. The average molecular weight is 310 g/mol. The lowest BCUT2D eigenvalue weighted by Crippen LogP contribution is -2.28. The number of hydrogen-bond donors (Lipinski definition) is 1. The first-order valence-electron chi connectivity index (χ1n) is 8.26. The lowest BCUT2D eigenvalue weighted by molar-refractivity contribution is 0.316. The molecule has 4 nitrogen and oxygen atoms in total. The lowest BCUT2D eigenvalue weighted by atomic mass is 10.2. The van der Waals surface area contributed by atoms with Gasteiger partial charge in [0.1, 0.15) is 5.69 Å². The summed E-state index contributed by atoms with van der Waals surface area (Å²) in [6, 6.07) is 16.1. The second kappa shape index (κ2) is 9.06. The number of rotatable bonds is 8. The molecule has 4 heteroatoms. The zero-order valence-corrected chi connectivity index (χ0v) is 14.3. The van der Waals surface area contributed by atoms with Crippen LogP contribution in [-0.2, 0) is 0 Å². The van der Waals surface area contributed by atoms with Crippen molar-refractivity contribution >= 4 is 17.1 Å². The number of hydrogen-bond acceptors (Lipinski definition) is 4. The smallest absolute Gasteiger partial charge is 0.109 e. The molecule has 0 spiro atoms. The highest BCUT2D eigenvalue weighted by Crippen LogP contribution is 2.26. The van der Waals surface area contributed by atoms with Crippen molar-refractivity contribution in [2.45, 2.75) is 20.8 Å². The Hall–Kier alpha value is -2.20. The molecule has 2 aromatic carbocycles. The van der Waals surface area contributed by atoms with Crippen LogP contribution in [0.25, 0.3) is 0 Å². The quantitative estimate of drug-likeness (QED) is 0.684. The fraction of sp³-hybridized carbons (Fsp3) is 0.368. The number of likely N-dealkylation sites (N-methyl/N-ethyl adjacent to an activating group) is 1. The molecule has 0 aliphatic carbocycles. The predicted molar refractivity (Wildman–Crippen MR) is 98.1 cm³/mol. The maximum atomic E-state index is 4.39. The van der Waals surface area contributed by atoms with E-state index in [4.69, 9.17) is 0 Å². The van der Waals surface area contributed by atoms with E-state index >= 15 is 0 Å². The van der Waals surface area contributed by atoms with Crippen LogP contribution in [0.3, 0.4) is 0 Å². The molecule has 0 atom stereocenters. The van der Waals surface area contributed by atoms with Gasteiger partial charge in [-0.15, -0.1) is 5.11 Å². The van der Waals surface area contributed by atoms with E-state index in [9.17, 15) is 0 Å². The van der Waals surface area contributed by atoms with Gasteiger partial charge in [-0.25, -0.2) is 0 Å². The Labute approximate surface area is 139 Å². The minimum Gasteiger partial charge on any atom is -0.382 e. The Balaban J connectivity index is 2.01. The molecule has 0 saturated carbocycles. The minimum absolute atomic E-state index is 0.868. The summed E-state index contributed by atoms with van der Waals surface area (Å²) in [5.74, 6) is 0. The molecule has 0 aromatic heterocycles. The Morgan fingerprint density at radius 1 is 0.913 bits per heavy atom. The van der Waals surface area contributed by atoms with Crippen molar-refractivity contribution in [2.75, 3.05) is 31.5 Å². The summed E-state index contributed by atoms with van der Waals surface area (Å²) in [6.07, 6.45) is 0. The van der Waals surface area contributed by atoms with Gasteiger partial charge in [0.05, 0.1) is 11.4 Å². The third-order valence-electron chi connectivity index (χ3n) is 3.85. The molecule has 23 heavy (non-hydrogen) atoms. The Kier molecular flexibility index (Phi) is 6.76. The van der Waals surface area contributed by atoms with E-state index in [1.165, 1.54) is 5.56 Å². The monoisotopic (exact) mass is 310 g/mol. The van der Waals surface area contributed by atoms with Crippen molar-refractivity contribution in [1.82, 2.24) is 4.90 Å².